The van der Waals surface area contributed by atoms with Gasteiger partial charge in [-0.1, -0.05) is 44.4 Å². The molecule has 0 aliphatic carbocycles. The van der Waals surface area contributed by atoms with Gasteiger partial charge in [0.2, 0.25) is 0 Å². The van der Waals surface area contributed by atoms with Gasteiger partial charge in [0, 0.05) is 23.8 Å². The molecule has 0 fully saturated rings. The summed E-state index contributed by atoms with van der Waals surface area (Å²) in [5, 5.41) is 5.10. The van der Waals surface area contributed by atoms with E-state index in [0.29, 0.717) is 12.0 Å². The van der Waals surface area contributed by atoms with Gasteiger partial charge in [0.05, 0.1) is 11.3 Å². The molecule has 0 radical (unpaired) electrons. The number of aryl methyl sites for hydroxylation is 5. The van der Waals surface area contributed by atoms with Gasteiger partial charge in [-0.25, -0.2) is 4.98 Å². The fraction of sp³-hybridized carbons (Fsp3) is 0.556. The van der Waals surface area contributed by atoms with Crippen molar-refractivity contribution in [2.75, 3.05) is 11.4 Å². The SMILES string of the molecule is CCC(CC)CN1c2c(c(C)nc3c(-c4c(C)cc(C)cc4C)c(C)nn23)CCC1C. The molecule has 31 heavy (non-hydrogen) atoms. The summed E-state index contributed by atoms with van der Waals surface area (Å²) in [6.45, 7) is 19.0. The summed E-state index contributed by atoms with van der Waals surface area (Å²) in [7, 11) is 0. The third-order valence-corrected chi connectivity index (χ3v) is 7.37. The number of aromatic nitrogens is 3. The molecule has 0 spiro atoms. The Morgan fingerprint density at radius 2 is 1.61 bits per heavy atom. The predicted molar refractivity (Wildman–Crippen MR) is 131 cm³/mol. The molecule has 1 atom stereocenters. The van der Waals surface area contributed by atoms with Gasteiger partial charge in [-0.05, 0) is 77.0 Å². The van der Waals surface area contributed by atoms with Crippen LogP contribution in [0.15, 0.2) is 12.1 Å². The molecule has 1 aromatic carbocycles. The lowest BCUT2D eigenvalue weighted by Gasteiger charge is -2.39. The highest BCUT2D eigenvalue weighted by atomic mass is 15.4. The Kier molecular flexibility index (Phi) is 5.85. The van der Waals surface area contributed by atoms with Crippen molar-refractivity contribution in [1.82, 2.24) is 14.6 Å². The molecule has 166 valence electrons. The maximum Gasteiger partial charge on any atom is 0.165 e. The fourth-order valence-corrected chi connectivity index (χ4v) is 5.55. The van der Waals surface area contributed by atoms with Crippen molar-refractivity contribution in [2.45, 2.75) is 87.1 Å². The van der Waals surface area contributed by atoms with Crippen LogP contribution in [0.2, 0.25) is 0 Å². The molecule has 0 saturated carbocycles. The summed E-state index contributed by atoms with van der Waals surface area (Å²) in [6.07, 6.45) is 4.70. The van der Waals surface area contributed by atoms with Crippen LogP contribution in [0.1, 0.15) is 73.7 Å². The summed E-state index contributed by atoms with van der Waals surface area (Å²) in [4.78, 5) is 7.77. The van der Waals surface area contributed by atoms with E-state index in [-0.39, 0.29) is 0 Å². The molecule has 0 bridgehead atoms. The van der Waals surface area contributed by atoms with Crippen molar-refractivity contribution in [3.63, 3.8) is 0 Å². The average Bonchev–Trinajstić information content (AvgIpc) is 3.02. The number of benzene rings is 1. The lowest BCUT2D eigenvalue weighted by Crippen LogP contribution is -2.42. The fourth-order valence-electron chi connectivity index (χ4n) is 5.55. The van der Waals surface area contributed by atoms with E-state index >= 15 is 0 Å². The Hall–Kier alpha value is -2.36. The molecule has 4 heteroatoms. The van der Waals surface area contributed by atoms with E-state index in [1.165, 1.54) is 58.5 Å². The van der Waals surface area contributed by atoms with E-state index in [0.717, 1.165) is 30.0 Å². The molecule has 0 amide bonds. The van der Waals surface area contributed by atoms with Crippen molar-refractivity contribution >= 4 is 11.5 Å². The summed E-state index contributed by atoms with van der Waals surface area (Å²) in [6, 6.07) is 5.07. The molecule has 3 aromatic rings. The molecular weight excluding hydrogens is 380 g/mol. The van der Waals surface area contributed by atoms with E-state index in [9.17, 15) is 0 Å². The minimum atomic E-state index is 0.522. The third kappa shape index (κ3) is 3.64. The quantitative estimate of drug-likeness (QED) is 0.473. The zero-order valence-corrected chi connectivity index (χ0v) is 20.6. The van der Waals surface area contributed by atoms with Gasteiger partial charge in [0.25, 0.3) is 0 Å². The molecule has 3 heterocycles. The van der Waals surface area contributed by atoms with E-state index in [2.05, 4.69) is 76.9 Å². The lowest BCUT2D eigenvalue weighted by molar-refractivity contribution is 0.437. The Labute approximate surface area is 187 Å². The van der Waals surface area contributed by atoms with Crippen LogP contribution in [0, 0.1) is 40.5 Å². The number of nitrogens with zero attached hydrogens (tertiary/aromatic N) is 4. The van der Waals surface area contributed by atoms with Gasteiger partial charge in [0.15, 0.2) is 5.65 Å². The number of hydrogen-bond donors (Lipinski definition) is 0. The molecule has 4 rings (SSSR count). The summed E-state index contributed by atoms with van der Waals surface area (Å²) < 4.78 is 2.17. The summed E-state index contributed by atoms with van der Waals surface area (Å²) >= 11 is 0. The van der Waals surface area contributed by atoms with Crippen molar-refractivity contribution in [1.29, 1.82) is 0 Å². The first-order valence-corrected chi connectivity index (χ1v) is 12.0. The Balaban J connectivity index is 1.99. The van der Waals surface area contributed by atoms with Crippen LogP contribution in [0.25, 0.3) is 16.8 Å². The minimum absolute atomic E-state index is 0.522. The van der Waals surface area contributed by atoms with Gasteiger partial charge >= 0.3 is 0 Å². The second kappa shape index (κ2) is 8.29. The Morgan fingerprint density at radius 3 is 2.23 bits per heavy atom. The maximum atomic E-state index is 5.14. The zero-order chi connectivity index (χ0) is 22.4. The molecule has 1 unspecified atom stereocenters. The first-order valence-electron chi connectivity index (χ1n) is 12.0. The van der Waals surface area contributed by atoms with Crippen molar-refractivity contribution < 1.29 is 0 Å². The van der Waals surface area contributed by atoms with Gasteiger partial charge in [-0.3, -0.25) is 0 Å². The summed E-state index contributed by atoms with van der Waals surface area (Å²) in [5.74, 6) is 1.99. The number of anilines is 1. The first-order chi connectivity index (χ1) is 14.8. The maximum absolute atomic E-state index is 5.14. The first kappa shape index (κ1) is 21.9. The molecule has 1 aliphatic heterocycles. The van der Waals surface area contributed by atoms with E-state index < -0.39 is 0 Å². The van der Waals surface area contributed by atoms with Crippen molar-refractivity contribution in [2.24, 2.45) is 5.92 Å². The van der Waals surface area contributed by atoms with Gasteiger partial charge in [-0.2, -0.15) is 9.61 Å². The second-order valence-corrected chi connectivity index (χ2v) is 9.69. The minimum Gasteiger partial charge on any atom is -0.353 e. The topological polar surface area (TPSA) is 33.4 Å². The van der Waals surface area contributed by atoms with E-state index in [1.54, 1.807) is 0 Å². The van der Waals surface area contributed by atoms with Gasteiger partial charge in [-0.15, -0.1) is 0 Å². The molecule has 1 aliphatic rings. The number of hydrogen-bond acceptors (Lipinski definition) is 3. The van der Waals surface area contributed by atoms with Crippen molar-refractivity contribution in [3.8, 4) is 11.1 Å². The Morgan fingerprint density at radius 1 is 0.968 bits per heavy atom. The predicted octanol–water partition coefficient (Wildman–Crippen LogP) is 6.52. The number of rotatable bonds is 5. The van der Waals surface area contributed by atoms with Crippen LogP contribution in [0.5, 0.6) is 0 Å². The van der Waals surface area contributed by atoms with Gasteiger partial charge in [0.1, 0.15) is 5.82 Å². The van der Waals surface area contributed by atoms with Gasteiger partial charge < -0.3 is 4.90 Å². The Bertz CT molecular complexity index is 1100. The van der Waals surface area contributed by atoms with Crippen LogP contribution in [0.3, 0.4) is 0 Å². The standard InChI is InChI=1S/C27H38N4/c1-9-22(10-2)15-30-19(6)11-12-23-20(7)28-26-25(21(8)29-31(26)27(23)30)24-17(4)13-16(3)14-18(24)5/h13-14,19,22H,9-12,15H2,1-8H3. The van der Waals surface area contributed by atoms with Crippen LogP contribution >= 0.6 is 0 Å². The summed E-state index contributed by atoms with van der Waals surface area (Å²) in [5.41, 5.74) is 11.0. The van der Waals surface area contributed by atoms with Crippen LogP contribution in [0.4, 0.5) is 5.82 Å². The van der Waals surface area contributed by atoms with E-state index in [1.807, 2.05) is 0 Å². The highest BCUT2D eigenvalue weighted by Gasteiger charge is 2.31. The highest BCUT2D eigenvalue weighted by molar-refractivity contribution is 5.85. The average molecular weight is 419 g/mol. The molecule has 0 N–H and O–H groups in total. The monoisotopic (exact) mass is 418 g/mol. The van der Waals surface area contributed by atoms with Crippen LogP contribution in [-0.2, 0) is 6.42 Å². The number of fused-ring (bicyclic) bond motifs is 3. The third-order valence-electron chi connectivity index (χ3n) is 7.37. The second-order valence-electron chi connectivity index (χ2n) is 9.69. The smallest absolute Gasteiger partial charge is 0.165 e. The van der Waals surface area contributed by atoms with Crippen LogP contribution < -0.4 is 4.90 Å². The molecule has 4 nitrogen and oxygen atoms in total. The highest BCUT2D eigenvalue weighted by Crippen LogP contribution is 2.39. The van der Waals surface area contributed by atoms with Crippen LogP contribution in [-0.4, -0.2) is 27.2 Å². The molecular formula is C27H38N4. The zero-order valence-electron chi connectivity index (χ0n) is 20.6. The molecule has 0 saturated heterocycles. The molecule has 2 aromatic heterocycles. The normalized spacial score (nSPS) is 16.4. The lowest BCUT2D eigenvalue weighted by atomic mass is 9.93. The largest absolute Gasteiger partial charge is 0.353 e. The van der Waals surface area contributed by atoms with E-state index in [4.69, 9.17) is 10.1 Å². The van der Waals surface area contributed by atoms with Crippen molar-refractivity contribution in [3.05, 3.63) is 45.8 Å².